The Morgan fingerprint density at radius 3 is 2.60 bits per heavy atom. The SMILES string of the molecule is CC1(COc2cc(F)c(C(=O)NSC3CC3)cc2C2CC2)CN(c2ccc(Cl)c(C(F)(F)F)n2)C1. The van der Waals surface area contributed by atoms with E-state index in [-0.39, 0.29) is 29.3 Å². The van der Waals surface area contributed by atoms with E-state index in [4.69, 9.17) is 16.3 Å². The first-order chi connectivity index (χ1) is 16.5. The van der Waals surface area contributed by atoms with Crippen LogP contribution < -0.4 is 14.4 Å². The molecule has 3 aliphatic rings. The number of aromatic nitrogens is 1. The van der Waals surface area contributed by atoms with Crippen LogP contribution in [0.25, 0.3) is 0 Å². The second-order valence-corrected chi connectivity index (χ2v) is 11.4. The number of hydrogen-bond donors (Lipinski definition) is 1. The van der Waals surface area contributed by atoms with Gasteiger partial charge in [-0.2, -0.15) is 13.2 Å². The fraction of sp³-hybridized carbons (Fsp3) is 0.500. The maximum absolute atomic E-state index is 14.8. The van der Waals surface area contributed by atoms with Crippen LogP contribution >= 0.6 is 23.5 Å². The number of nitrogens with zero attached hydrogens (tertiary/aromatic N) is 2. The first-order valence-corrected chi connectivity index (χ1v) is 12.7. The molecular formula is C24H24ClF4N3O2S. The van der Waals surface area contributed by atoms with Crippen LogP contribution in [-0.2, 0) is 6.18 Å². The van der Waals surface area contributed by atoms with Gasteiger partial charge in [0.2, 0.25) is 0 Å². The van der Waals surface area contributed by atoms with Gasteiger partial charge in [0.05, 0.1) is 17.2 Å². The van der Waals surface area contributed by atoms with Crippen molar-refractivity contribution in [3.63, 3.8) is 0 Å². The lowest BCUT2D eigenvalue weighted by Crippen LogP contribution is -2.58. The maximum Gasteiger partial charge on any atom is 0.434 e. The molecule has 2 saturated carbocycles. The van der Waals surface area contributed by atoms with Crippen LogP contribution in [0, 0.1) is 11.2 Å². The average Bonchev–Trinajstić information content (AvgIpc) is 3.67. The molecule has 3 fully saturated rings. The molecule has 1 aromatic heterocycles. The van der Waals surface area contributed by atoms with Crippen molar-refractivity contribution < 1.29 is 27.1 Å². The molecule has 188 valence electrons. The number of ether oxygens (including phenoxy) is 1. The zero-order chi connectivity index (χ0) is 25.0. The number of amides is 1. The van der Waals surface area contributed by atoms with Gasteiger partial charge in [0.1, 0.15) is 17.4 Å². The zero-order valence-electron chi connectivity index (χ0n) is 18.9. The minimum absolute atomic E-state index is 0.0164. The third-order valence-electron chi connectivity index (χ3n) is 6.35. The van der Waals surface area contributed by atoms with Crippen molar-refractivity contribution in [2.24, 2.45) is 5.41 Å². The third-order valence-corrected chi connectivity index (χ3v) is 7.76. The summed E-state index contributed by atoms with van der Waals surface area (Å²) in [6.45, 7) is 3.07. The Labute approximate surface area is 209 Å². The van der Waals surface area contributed by atoms with Gasteiger partial charge >= 0.3 is 6.18 Å². The highest BCUT2D eigenvalue weighted by Crippen LogP contribution is 2.46. The summed E-state index contributed by atoms with van der Waals surface area (Å²) in [6.07, 6.45) is -0.612. The highest BCUT2D eigenvalue weighted by molar-refractivity contribution is 7.98. The second-order valence-electron chi connectivity index (χ2n) is 9.85. The van der Waals surface area contributed by atoms with Crippen LogP contribution in [0.3, 0.4) is 0 Å². The molecule has 35 heavy (non-hydrogen) atoms. The molecule has 0 bridgehead atoms. The fourth-order valence-electron chi connectivity index (χ4n) is 4.15. The van der Waals surface area contributed by atoms with Crippen LogP contribution in [0.5, 0.6) is 5.75 Å². The molecule has 1 aromatic carbocycles. The highest BCUT2D eigenvalue weighted by Gasteiger charge is 2.42. The van der Waals surface area contributed by atoms with E-state index in [2.05, 4.69) is 9.71 Å². The molecule has 0 atom stereocenters. The summed E-state index contributed by atoms with van der Waals surface area (Å²) in [6, 6.07) is 5.53. The fourth-order valence-corrected chi connectivity index (χ4v) is 5.12. The maximum atomic E-state index is 14.8. The number of alkyl halides is 3. The number of benzene rings is 1. The summed E-state index contributed by atoms with van der Waals surface area (Å²) in [5.41, 5.74) is -0.621. The second kappa shape index (κ2) is 9.03. The lowest BCUT2D eigenvalue weighted by molar-refractivity contribution is -0.141. The molecule has 0 unspecified atom stereocenters. The number of anilines is 1. The largest absolute Gasteiger partial charge is 0.492 e. The normalized spacial score (nSPS) is 19.3. The Hall–Kier alpha value is -2.20. The minimum Gasteiger partial charge on any atom is -0.492 e. The quantitative estimate of drug-likeness (QED) is 0.325. The summed E-state index contributed by atoms with van der Waals surface area (Å²) < 4.78 is 62.9. The standard InChI is InChI=1S/C24H24ClF4N3O2S/c1-23(10-32(11-23)20-7-6-17(25)21(30-20)24(27,28)29)12-34-19-9-18(26)16(8-15(19)13-2-3-13)22(33)31-35-14-4-5-14/h6-9,13-14H,2-5,10-12H2,1H3,(H,31,33). The molecular weight excluding hydrogens is 506 g/mol. The molecule has 2 heterocycles. The Balaban J connectivity index is 1.24. The summed E-state index contributed by atoms with van der Waals surface area (Å²) in [5.74, 6) is -0.228. The molecule has 1 amide bonds. The van der Waals surface area contributed by atoms with Crippen molar-refractivity contribution in [2.45, 2.75) is 50.0 Å². The molecule has 1 saturated heterocycles. The van der Waals surface area contributed by atoms with Gasteiger partial charge in [0.15, 0.2) is 5.69 Å². The van der Waals surface area contributed by atoms with E-state index in [1.54, 1.807) is 11.0 Å². The smallest absolute Gasteiger partial charge is 0.434 e. The molecule has 0 spiro atoms. The van der Waals surface area contributed by atoms with Crippen LogP contribution in [0.1, 0.15) is 60.1 Å². The van der Waals surface area contributed by atoms with E-state index in [1.165, 1.54) is 30.1 Å². The predicted molar refractivity (Wildman–Crippen MR) is 127 cm³/mol. The Kier molecular flexibility index (Phi) is 6.32. The van der Waals surface area contributed by atoms with Crippen LogP contribution in [-0.4, -0.2) is 35.8 Å². The summed E-state index contributed by atoms with van der Waals surface area (Å²) >= 11 is 7.00. The molecule has 1 aliphatic heterocycles. The number of rotatable bonds is 8. The predicted octanol–water partition coefficient (Wildman–Crippen LogP) is 6.22. The third kappa shape index (κ3) is 5.48. The first-order valence-electron chi connectivity index (χ1n) is 11.4. The lowest BCUT2D eigenvalue weighted by Gasteiger charge is -2.48. The number of hydrogen-bond acceptors (Lipinski definition) is 5. The van der Waals surface area contributed by atoms with E-state index < -0.39 is 28.6 Å². The Morgan fingerprint density at radius 1 is 1.26 bits per heavy atom. The highest BCUT2D eigenvalue weighted by atomic mass is 35.5. The molecule has 2 aliphatic carbocycles. The molecule has 5 nitrogen and oxygen atoms in total. The molecule has 1 N–H and O–H groups in total. The van der Waals surface area contributed by atoms with E-state index in [9.17, 15) is 22.4 Å². The van der Waals surface area contributed by atoms with Crippen molar-refractivity contribution in [3.05, 3.63) is 51.9 Å². The van der Waals surface area contributed by atoms with E-state index >= 15 is 0 Å². The molecule has 0 radical (unpaired) electrons. The van der Waals surface area contributed by atoms with Crippen molar-refractivity contribution >= 4 is 35.3 Å². The summed E-state index contributed by atoms with van der Waals surface area (Å²) in [7, 11) is 0. The van der Waals surface area contributed by atoms with Crippen molar-refractivity contribution in [1.82, 2.24) is 9.71 Å². The summed E-state index contributed by atoms with van der Waals surface area (Å²) in [4.78, 5) is 17.9. The zero-order valence-corrected chi connectivity index (χ0v) is 20.5. The topological polar surface area (TPSA) is 54.5 Å². The van der Waals surface area contributed by atoms with E-state index in [0.717, 1.165) is 31.2 Å². The average molecular weight is 530 g/mol. The van der Waals surface area contributed by atoms with Gasteiger partial charge in [-0.3, -0.25) is 9.52 Å². The minimum atomic E-state index is -4.63. The molecule has 2 aromatic rings. The number of nitrogens with one attached hydrogen (secondary N) is 1. The van der Waals surface area contributed by atoms with Crippen LogP contribution in [0.4, 0.5) is 23.4 Å². The number of halogens is 5. The van der Waals surface area contributed by atoms with Gasteiger partial charge in [0, 0.05) is 29.8 Å². The first kappa shape index (κ1) is 24.5. The molecule has 5 rings (SSSR count). The monoisotopic (exact) mass is 529 g/mol. The molecule has 11 heteroatoms. The lowest BCUT2D eigenvalue weighted by atomic mass is 9.83. The Morgan fingerprint density at radius 2 is 1.97 bits per heavy atom. The van der Waals surface area contributed by atoms with Crippen LogP contribution in [0.15, 0.2) is 24.3 Å². The van der Waals surface area contributed by atoms with Gasteiger partial charge in [-0.1, -0.05) is 18.5 Å². The Bertz CT molecular complexity index is 1150. The van der Waals surface area contributed by atoms with Gasteiger partial charge < -0.3 is 9.64 Å². The number of carbonyl (C=O) groups excluding carboxylic acids is 1. The van der Waals surface area contributed by atoms with Gasteiger partial charge in [-0.15, -0.1) is 0 Å². The van der Waals surface area contributed by atoms with Gasteiger partial charge in [0.25, 0.3) is 5.91 Å². The number of pyridine rings is 1. The number of carbonyl (C=O) groups is 1. The van der Waals surface area contributed by atoms with Gasteiger partial charge in [-0.25, -0.2) is 9.37 Å². The van der Waals surface area contributed by atoms with Gasteiger partial charge in [-0.05, 0) is 67.3 Å². The van der Waals surface area contributed by atoms with E-state index in [0.29, 0.717) is 24.1 Å². The van der Waals surface area contributed by atoms with Crippen molar-refractivity contribution in [3.8, 4) is 5.75 Å². The summed E-state index contributed by atoms with van der Waals surface area (Å²) in [5, 5.41) is -0.0239. The van der Waals surface area contributed by atoms with Crippen LogP contribution in [0.2, 0.25) is 5.02 Å². The van der Waals surface area contributed by atoms with E-state index in [1.807, 2.05) is 6.92 Å². The van der Waals surface area contributed by atoms with Crippen molar-refractivity contribution in [1.29, 1.82) is 0 Å². The van der Waals surface area contributed by atoms with Crippen molar-refractivity contribution in [2.75, 3.05) is 24.6 Å².